The standard InChI is InChI=1S/C14H13NO5/c1-8(6-9(16)7-12(17)18)15-13(19)10-4-2-3-5-11(10)14(15)20/h2-5,8H,6-7H2,1H3,(H,17,18). The highest BCUT2D eigenvalue weighted by Crippen LogP contribution is 2.25. The van der Waals surface area contributed by atoms with Crippen LogP contribution in [0.1, 0.15) is 40.5 Å². The first kappa shape index (κ1) is 13.9. The molecule has 2 rings (SSSR count). The van der Waals surface area contributed by atoms with E-state index in [1.54, 1.807) is 31.2 Å². The van der Waals surface area contributed by atoms with Crippen molar-refractivity contribution in [3.8, 4) is 0 Å². The number of imide groups is 1. The molecule has 0 bridgehead atoms. The average molecular weight is 275 g/mol. The number of carbonyl (C=O) groups is 4. The lowest BCUT2D eigenvalue weighted by Crippen LogP contribution is -2.39. The Labute approximate surface area is 115 Å². The number of nitrogens with zero attached hydrogens (tertiary/aromatic N) is 1. The quantitative estimate of drug-likeness (QED) is 0.642. The number of fused-ring (bicyclic) bond motifs is 1. The molecule has 1 aromatic rings. The van der Waals surface area contributed by atoms with Crippen molar-refractivity contribution >= 4 is 23.6 Å². The van der Waals surface area contributed by atoms with Gasteiger partial charge >= 0.3 is 5.97 Å². The van der Waals surface area contributed by atoms with Gasteiger partial charge in [0, 0.05) is 12.5 Å². The molecule has 0 aromatic heterocycles. The first-order valence-corrected chi connectivity index (χ1v) is 6.12. The van der Waals surface area contributed by atoms with Crippen molar-refractivity contribution in [1.82, 2.24) is 4.90 Å². The molecule has 1 atom stereocenters. The van der Waals surface area contributed by atoms with E-state index in [2.05, 4.69) is 0 Å². The maximum Gasteiger partial charge on any atom is 0.310 e. The van der Waals surface area contributed by atoms with E-state index in [1.807, 2.05) is 0 Å². The summed E-state index contributed by atoms with van der Waals surface area (Å²) in [6.07, 6.45) is -0.759. The Bertz CT molecular complexity index is 572. The Kier molecular flexibility index (Phi) is 3.65. The maximum atomic E-state index is 12.1. The number of benzene rings is 1. The highest BCUT2D eigenvalue weighted by Gasteiger charge is 2.38. The van der Waals surface area contributed by atoms with Gasteiger partial charge in [0.2, 0.25) is 0 Å². The number of ketones is 1. The van der Waals surface area contributed by atoms with E-state index >= 15 is 0 Å². The van der Waals surface area contributed by atoms with Crippen molar-refractivity contribution in [3.05, 3.63) is 35.4 Å². The Morgan fingerprint density at radius 3 is 2.10 bits per heavy atom. The molecule has 1 aliphatic rings. The van der Waals surface area contributed by atoms with Gasteiger partial charge < -0.3 is 5.11 Å². The van der Waals surface area contributed by atoms with Gasteiger partial charge in [0.15, 0.2) is 0 Å². The summed E-state index contributed by atoms with van der Waals surface area (Å²) in [5.41, 5.74) is 0.630. The summed E-state index contributed by atoms with van der Waals surface area (Å²) in [5.74, 6) is -2.62. The molecule has 6 nitrogen and oxygen atoms in total. The largest absolute Gasteiger partial charge is 0.481 e. The number of amides is 2. The average Bonchev–Trinajstić information content (AvgIpc) is 2.61. The van der Waals surface area contributed by atoms with E-state index in [1.165, 1.54) is 0 Å². The lowest BCUT2D eigenvalue weighted by Gasteiger charge is -2.21. The fourth-order valence-corrected chi connectivity index (χ4v) is 2.27. The minimum atomic E-state index is -1.22. The molecule has 1 heterocycles. The minimum Gasteiger partial charge on any atom is -0.481 e. The van der Waals surface area contributed by atoms with Crippen molar-refractivity contribution in [3.63, 3.8) is 0 Å². The van der Waals surface area contributed by atoms with Crippen molar-refractivity contribution in [2.24, 2.45) is 0 Å². The topological polar surface area (TPSA) is 91.8 Å². The van der Waals surface area contributed by atoms with Gasteiger partial charge in [-0.3, -0.25) is 24.1 Å². The third kappa shape index (κ3) is 2.45. The Morgan fingerprint density at radius 1 is 1.15 bits per heavy atom. The summed E-state index contributed by atoms with van der Waals surface area (Å²) in [7, 11) is 0. The van der Waals surface area contributed by atoms with Crippen LogP contribution in [0.25, 0.3) is 0 Å². The molecule has 0 spiro atoms. The van der Waals surface area contributed by atoms with Crippen LogP contribution in [-0.4, -0.2) is 39.6 Å². The fraction of sp³-hybridized carbons (Fsp3) is 0.286. The molecule has 1 unspecified atom stereocenters. The molecule has 1 aromatic carbocycles. The Balaban J connectivity index is 2.15. The van der Waals surface area contributed by atoms with Gasteiger partial charge in [0.1, 0.15) is 12.2 Å². The van der Waals surface area contributed by atoms with Crippen LogP contribution in [0.3, 0.4) is 0 Å². The zero-order chi connectivity index (χ0) is 14.9. The van der Waals surface area contributed by atoms with Crippen LogP contribution in [0, 0.1) is 0 Å². The summed E-state index contributed by atoms with van der Waals surface area (Å²) < 4.78 is 0. The number of hydrogen-bond donors (Lipinski definition) is 1. The van der Waals surface area contributed by atoms with Crippen LogP contribution in [0.5, 0.6) is 0 Å². The number of aliphatic carboxylic acids is 1. The number of carbonyl (C=O) groups excluding carboxylic acids is 3. The second kappa shape index (κ2) is 5.24. The number of Topliss-reactive ketones (excluding diaryl/α,β-unsaturated/α-hetero) is 1. The van der Waals surface area contributed by atoms with Gasteiger partial charge in [-0.1, -0.05) is 12.1 Å². The van der Waals surface area contributed by atoms with Crippen LogP contribution in [-0.2, 0) is 9.59 Å². The van der Waals surface area contributed by atoms with Gasteiger partial charge in [0.05, 0.1) is 11.1 Å². The molecule has 0 fully saturated rings. The van der Waals surface area contributed by atoms with Gasteiger partial charge in [0.25, 0.3) is 11.8 Å². The third-order valence-corrected chi connectivity index (χ3v) is 3.14. The van der Waals surface area contributed by atoms with Crippen LogP contribution >= 0.6 is 0 Å². The molecule has 0 saturated carbocycles. The number of hydrogen-bond acceptors (Lipinski definition) is 4. The highest BCUT2D eigenvalue weighted by molar-refractivity contribution is 6.21. The molecule has 20 heavy (non-hydrogen) atoms. The van der Waals surface area contributed by atoms with Crippen LogP contribution < -0.4 is 0 Å². The van der Waals surface area contributed by atoms with Gasteiger partial charge in [-0.05, 0) is 19.1 Å². The molecule has 0 saturated heterocycles. The van der Waals surface area contributed by atoms with Gasteiger partial charge in [-0.15, -0.1) is 0 Å². The van der Waals surface area contributed by atoms with Crippen LogP contribution in [0.2, 0.25) is 0 Å². The van der Waals surface area contributed by atoms with Crippen molar-refractivity contribution in [2.75, 3.05) is 0 Å². The predicted octanol–water partition coefficient (Wildman–Crippen LogP) is 1.11. The monoisotopic (exact) mass is 275 g/mol. The number of carboxylic acids is 1. The van der Waals surface area contributed by atoms with E-state index in [9.17, 15) is 19.2 Å². The summed E-state index contributed by atoms with van der Waals surface area (Å²) in [5, 5.41) is 8.54. The van der Waals surface area contributed by atoms with E-state index in [0.29, 0.717) is 11.1 Å². The maximum absolute atomic E-state index is 12.1. The zero-order valence-electron chi connectivity index (χ0n) is 10.8. The second-order valence-corrected chi connectivity index (χ2v) is 4.69. The van der Waals surface area contributed by atoms with Crippen LogP contribution in [0.4, 0.5) is 0 Å². The Morgan fingerprint density at radius 2 is 1.65 bits per heavy atom. The fourth-order valence-electron chi connectivity index (χ4n) is 2.27. The zero-order valence-corrected chi connectivity index (χ0v) is 10.8. The van der Waals surface area contributed by atoms with E-state index in [4.69, 9.17) is 5.11 Å². The molecule has 1 N–H and O–H groups in total. The number of rotatable bonds is 5. The van der Waals surface area contributed by atoms with Gasteiger partial charge in [-0.25, -0.2) is 0 Å². The second-order valence-electron chi connectivity index (χ2n) is 4.69. The summed E-state index contributed by atoms with van der Waals surface area (Å²) in [4.78, 5) is 47.2. The normalized spacial score (nSPS) is 15.2. The molecule has 6 heteroatoms. The third-order valence-electron chi connectivity index (χ3n) is 3.14. The lowest BCUT2D eigenvalue weighted by atomic mass is 10.1. The lowest BCUT2D eigenvalue weighted by molar-refractivity contribution is -0.140. The van der Waals surface area contributed by atoms with Crippen molar-refractivity contribution < 1.29 is 24.3 Å². The Hall–Kier alpha value is -2.50. The molecule has 0 aliphatic carbocycles. The SMILES string of the molecule is CC(CC(=O)CC(=O)O)N1C(=O)c2ccccc2C1=O. The molecule has 0 radical (unpaired) electrons. The predicted molar refractivity (Wildman–Crippen MR) is 68.3 cm³/mol. The van der Waals surface area contributed by atoms with E-state index in [0.717, 1.165) is 4.90 Å². The first-order chi connectivity index (χ1) is 9.41. The molecule has 1 aliphatic heterocycles. The van der Waals surface area contributed by atoms with Crippen molar-refractivity contribution in [1.29, 1.82) is 0 Å². The number of carboxylic acid groups (broad SMARTS) is 1. The first-order valence-electron chi connectivity index (χ1n) is 6.12. The molecular weight excluding hydrogens is 262 g/mol. The highest BCUT2D eigenvalue weighted by atomic mass is 16.4. The molecule has 104 valence electrons. The van der Waals surface area contributed by atoms with Crippen molar-refractivity contribution in [2.45, 2.75) is 25.8 Å². The minimum absolute atomic E-state index is 0.155. The van der Waals surface area contributed by atoms with E-state index in [-0.39, 0.29) is 6.42 Å². The molecular formula is C14H13NO5. The van der Waals surface area contributed by atoms with Gasteiger partial charge in [-0.2, -0.15) is 0 Å². The van der Waals surface area contributed by atoms with E-state index < -0.39 is 36.0 Å². The summed E-state index contributed by atoms with van der Waals surface area (Å²) in [6.45, 7) is 1.56. The molecule has 2 amide bonds. The summed E-state index contributed by atoms with van der Waals surface area (Å²) >= 11 is 0. The summed E-state index contributed by atoms with van der Waals surface area (Å²) in [6, 6.07) is 5.78. The van der Waals surface area contributed by atoms with Crippen LogP contribution in [0.15, 0.2) is 24.3 Å². The smallest absolute Gasteiger partial charge is 0.310 e.